The van der Waals surface area contributed by atoms with E-state index in [0.717, 1.165) is 30.6 Å². The van der Waals surface area contributed by atoms with Crippen LogP contribution in [-0.4, -0.2) is 51.4 Å². The third kappa shape index (κ3) is 6.21. The zero-order valence-electron chi connectivity index (χ0n) is 17.3. The van der Waals surface area contributed by atoms with Crippen molar-refractivity contribution in [3.05, 3.63) is 54.1 Å². The van der Waals surface area contributed by atoms with Gasteiger partial charge in [0.1, 0.15) is 12.4 Å². The predicted octanol–water partition coefficient (Wildman–Crippen LogP) is 2.78. The number of sulfonamides is 1. The van der Waals surface area contributed by atoms with Gasteiger partial charge in [-0.2, -0.15) is 4.31 Å². The van der Waals surface area contributed by atoms with Gasteiger partial charge in [0.05, 0.1) is 18.0 Å². The minimum atomic E-state index is -3.49. The Hall–Kier alpha value is -2.58. The molecule has 0 aromatic heterocycles. The number of hydrogen-bond acceptors (Lipinski definition) is 5. The summed E-state index contributed by atoms with van der Waals surface area (Å²) < 4.78 is 32.7. The largest absolute Gasteiger partial charge is 0.492 e. The van der Waals surface area contributed by atoms with E-state index in [1.54, 1.807) is 24.3 Å². The molecule has 0 saturated carbocycles. The minimum absolute atomic E-state index is 0.0532. The summed E-state index contributed by atoms with van der Waals surface area (Å²) in [6.45, 7) is 3.93. The lowest BCUT2D eigenvalue weighted by Gasteiger charge is -2.26. The lowest BCUT2D eigenvalue weighted by Crippen LogP contribution is -2.35. The average Bonchev–Trinajstić information content (AvgIpc) is 2.76. The summed E-state index contributed by atoms with van der Waals surface area (Å²) in [7, 11) is -3.49. The van der Waals surface area contributed by atoms with Crippen LogP contribution in [0.2, 0.25) is 0 Å². The standard InChI is InChI=1S/C22H29N3O4S/c1-18-7-5-9-20(15-18)29-14-11-23-22(26)17-24-19-8-6-10-21(16-19)30(27,28)25-12-3-2-4-13-25/h5-10,15-16,24H,2-4,11-14,17H2,1H3,(H,23,26). The Kier molecular flexibility index (Phi) is 7.70. The number of nitrogens with one attached hydrogen (secondary N) is 2. The maximum absolute atomic E-state index is 12.8. The lowest BCUT2D eigenvalue weighted by molar-refractivity contribution is -0.119. The first kappa shape index (κ1) is 22.1. The third-order valence-electron chi connectivity index (χ3n) is 4.92. The van der Waals surface area contributed by atoms with Gasteiger partial charge in [-0.15, -0.1) is 0 Å². The highest BCUT2D eigenvalue weighted by atomic mass is 32.2. The van der Waals surface area contributed by atoms with E-state index < -0.39 is 10.0 Å². The monoisotopic (exact) mass is 431 g/mol. The first-order valence-electron chi connectivity index (χ1n) is 10.3. The number of carbonyl (C=O) groups excluding carboxylic acids is 1. The Balaban J connectivity index is 1.45. The Bertz CT molecular complexity index is 956. The van der Waals surface area contributed by atoms with Crippen molar-refractivity contribution >= 4 is 21.6 Å². The normalized spacial score (nSPS) is 14.8. The molecule has 1 fully saturated rings. The highest BCUT2D eigenvalue weighted by molar-refractivity contribution is 7.89. The SMILES string of the molecule is Cc1cccc(OCCNC(=O)CNc2cccc(S(=O)(=O)N3CCCCC3)c2)c1. The molecule has 1 amide bonds. The van der Waals surface area contributed by atoms with E-state index in [1.165, 1.54) is 4.31 Å². The molecule has 0 unspecified atom stereocenters. The minimum Gasteiger partial charge on any atom is -0.492 e. The van der Waals surface area contributed by atoms with Gasteiger partial charge in [0.2, 0.25) is 15.9 Å². The molecule has 7 nitrogen and oxygen atoms in total. The van der Waals surface area contributed by atoms with Crippen LogP contribution >= 0.6 is 0 Å². The van der Waals surface area contributed by atoms with Gasteiger partial charge in [0.15, 0.2) is 0 Å². The fraction of sp³-hybridized carbons (Fsp3) is 0.409. The van der Waals surface area contributed by atoms with E-state index in [0.29, 0.717) is 31.9 Å². The number of nitrogens with zero attached hydrogens (tertiary/aromatic N) is 1. The van der Waals surface area contributed by atoms with Crippen molar-refractivity contribution in [2.75, 3.05) is 38.1 Å². The van der Waals surface area contributed by atoms with Crippen molar-refractivity contribution in [3.63, 3.8) is 0 Å². The third-order valence-corrected chi connectivity index (χ3v) is 6.82. The van der Waals surface area contributed by atoms with Crippen LogP contribution in [0.15, 0.2) is 53.4 Å². The van der Waals surface area contributed by atoms with Crippen molar-refractivity contribution in [2.45, 2.75) is 31.1 Å². The van der Waals surface area contributed by atoms with Crippen LogP contribution in [-0.2, 0) is 14.8 Å². The molecule has 2 aromatic carbocycles. The summed E-state index contributed by atoms with van der Waals surface area (Å²) in [6.07, 6.45) is 2.86. The highest BCUT2D eigenvalue weighted by Crippen LogP contribution is 2.22. The van der Waals surface area contributed by atoms with Crippen LogP contribution in [0.3, 0.4) is 0 Å². The quantitative estimate of drug-likeness (QED) is 0.596. The number of amides is 1. The van der Waals surface area contributed by atoms with Crippen LogP contribution in [0.4, 0.5) is 5.69 Å². The molecule has 1 saturated heterocycles. The molecular weight excluding hydrogens is 402 g/mol. The summed E-state index contributed by atoms with van der Waals surface area (Å²) in [4.78, 5) is 12.3. The first-order chi connectivity index (χ1) is 14.4. The fourth-order valence-corrected chi connectivity index (χ4v) is 4.89. The Morgan fingerprint density at radius 1 is 1.07 bits per heavy atom. The van der Waals surface area contributed by atoms with E-state index in [4.69, 9.17) is 4.74 Å². The molecule has 0 radical (unpaired) electrons. The Morgan fingerprint density at radius 2 is 1.83 bits per heavy atom. The van der Waals surface area contributed by atoms with Gasteiger partial charge >= 0.3 is 0 Å². The number of benzene rings is 2. The smallest absolute Gasteiger partial charge is 0.243 e. The van der Waals surface area contributed by atoms with Crippen molar-refractivity contribution in [1.29, 1.82) is 0 Å². The van der Waals surface area contributed by atoms with Gasteiger partial charge in [0, 0.05) is 18.8 Å². The van der Waals surface area contributed by atoms with Gasteiger partial charge in [-0.05, 0) is 55.7 Å². The molecule has 2 N–H and O–H groups in total. The molecule has 1 aliphatic rings. The number of carbonyl (C=O) groups is 1. The van der Waals surface area contributed by atoms with Crippen molar-refractivity contribution in [3.8, 4) is 5.75 Å². The predicted molar refractivity (Wildman–Crippen MR) is 117 cm³/mol. The fourth-order valence-electron chi connectivity index (χ4n) is 3.33. The average molecular weight is 432 g/mol. The number of aryl methyl sites for hydroxylation is 1. The summed E-state index contributed by atoms with van der Waals surface area (Å²) in [5, 5.41) is 5.77. The molecular formula is C22H29N3O4S. The second kappa shape index (κ2) is 10.4. The first-order valence-corrected chi connectivity index (χ1v) is 11.7. The molecule has 8 heteroatoms. The molecule has 0 atom stereocenters. The molecule has 2 aromatic rings. The maximum atomic E-state index is 12.8. The number of hydrogen-bond donors (Lipinski definition) is 2. The number of anilines is 1. The number of ether oxygens (including phenoxy) is 1. The lowest BCUT2D eigenvalue weighted by atomic mass is 10.2. The molecule has 0 bridgehead atoms. The van der Waals surface area contributed by atoms with Crippen molar-refractivity contribution in [1.82, 2.24) is 9.62 Å². The summed E-state index contributed by atoms with van der Waals surface area (Å²) in [5.41, 5.74) is 1.71. The van der Waals surface area contributed by atoms with Crippen LogP contribution in [0.25, 0.3) is 0 Å². The molecule has 1 heterocycles. The second-order valence-electron chi connectivity index (χ2n) is 7.36. The zero-order chi connectivity index (χ0) is 21.4. The van der Waals surface area contributed by atoms with E-state index in [2.05, 4.69) is 10.6 Å². The number of rotatable bonds is 9. The second-order valence-corrected chi connectivity index (χ2v) is 9.30. The molecule has 0 aliphatic carbocycles. The molecule has 1 aliphatic heterocycles. The Labute approximate surface area is 178 Å². The van der Waals surface area contributed by atoms with Crippen LogP contribution in [0.1, 0.15) is 24.8 Å². The molecule has 3 rings (SSSR count). The molecule has 0 spiro atoms. The highest BCUT2D eigenvalue weighted by Gasteiger charge is 2.25. The topological polar surface area (TPSA) is 87.7 Å². The number of piperidine rings is 1. The van der Waals surface area contributed by atoms with Crippen molar-refractivity contribution < 1.29 is 17.9 Å². The molecule has 30 heavy (non-hydrogen) atoms. The van der Waals surface area contributed by atoms with Crippen molar-refractivity contribution in [2.24, 2.45) is 0 Å². The van der Waals surface area contributed by atoms with E-state index in [9.17, 15) is 13.2 Å². The van der Waals surface area contributed by atoms with Crippen LogP contribution in [0.5, 0.6) is 5.75 Å². The van der Waals surface area contributed by atoms with Gasteiger partial charge < -0.3 is 15.4 Å². The van der Waals surface area contributed by atoms with Gasteiger partial charge in [-0.25, -0.2) is 8.42 Å². The van der Waals surface area contributed by atoms with E-state index in [-0.39, 0.29) is 17.3 Å². The Morgan fingerprint density at radius 3 is 2.60 bits per heavy atom. The van der Waals surface area contributed by atoms with Crippen LogP contribution < -0.4 is 15.4 Å². The van der Waals surface area contributed by atoms with Gasteiger partial charge in [-0.3, -0.25) is 4.79 Å². The van der Waals surface area contributed by atoms with E-state index in [1.807, 2.05) is 31.2 Å². The van der Waals surface area contributed by atoms with E-state index >= 15 is 0 Å². The summed E-state index contributed by atoms with van der Waals surface area (Å²) in [6, 6.07) is 14.3. The summed E-state index contributed by atoms with van der Waals surface area (Å²) in [5.74, 6) is 0.584. The zero-order valence-corrected chi connectivity index (χ0v) is 18.1. The van der Waals surface area contributed by atoms with Crippen LogP contribution in [0, 0.1) is 6.92 Å². The summed E-state index contributed by atoms with van der Waals surface area (Å²) >= 11 is 0. The van der Waals surface area contributed by atoms with Gasteiger partial charge in [0.25, 0.3) is 0 Å². The molecule has 162 valence electrons. The maximum Gasteiger partial charge on any atom is 0.243 e. The van der Waals surface area contributed by atoms with Gasteiger partial charge in [-0.1, -0.05) is 24.6 Å².